The summed E-state index contributed by atoms with van der Waals surface area (Å²) < 4.78 is 10.2. The molecule has 2 bridgehead atoms. The molecule has 1 aromatic carbocycles. The second-order valence-electron chi connectivity index (χ2n) is 14.2. The summed E-state index contributed by atoms with van der Waals surface area (Å²) in [6.07, 6.45) is 6.09. The number of imidazole rings is 1. The van der Waals surface area contributed by atoms with Gasteiger partial charge in [0.15, 0.2) is 5.88 Å². The van der Waals surface area contributed by atoms with Crippen molar-refractivity contribution in [2.75, 3.05) is 19.1 Å². The number of methoxy groups -OCH3 is 1. The van der Waals surface area contributed by atoms with Gasteiger partial charge >= 0.3 is 6.03 Å². The molecule has 1 unspecified atom stereocenters. The van der Waals surface area contributed by atoms with Crippen LogP contribution in [0.3, 0.4) is 0 Å². The third-order valence-electron chi connectivity index (χ3n) is 10.8. The Bertz CT molecular complexity index is 2050. The Morgan fingerprint density at radius 3 is 2.45 bits per heavy atom. The number of para-hydroxylation sites is 1. The number of hydrogen-bond acceptors (Lipinski definition) is 6. The first-order valence-electron chi connectivity index (χ1n) is 17.4. The zero-order valence-electron chi connectivity index (χ0n) is 28.6. The summed E-state index contributed by atoms with van der Waals surface area (Å²) in [5.41, 5.74) is 12.8. The molecule has 254 valence electrons. The zero-order valence-corrected chi connectivity index (χ0v) is 28.6. The number of aromatic nitrogens is 4. The fraction of sp³-hybridized carbons (Fsp3) is 0.421. The molecule has 1 saturated carbocycles. The number of aryl methyl sites for hydroxylation is 1. The van der Waals surface area contributed by atoms with Gasteiger partial charge in [0.25, 0.3) is 5.91 Å². The predicted molar refractivity (Wildman–Crippen MR) is 190 cm³/mol. The van der Waals surface area contributed by atoms with Crippen molar-refractivity contribution in [1.82, 2.24) is 29.2 Å². The van der Waals surface area contributed by atoms with Crippen molar-refractivity contribution in [3.8, 4) is 17.3 Å². The van der Waals surface area contributed by atoms with Crippen LogP contribution in [-0.4, -0.2) is 68.1 Å². The van der Waals surface area contributed by atoms with E-state index < -0.39 is 0 Å². The highest BCUT2D eigenvalue weighted by atomic mass is 16.5. The van der Waals surface area contributed by atoms with Crippen LogP contribution in [0, 0.1) is 12.8 Å². The molecular weight excluding hydrogens is 616 g/mol. The highest BCUT2D eigenvalue weighted by molar-refractivity contribution is 5.96. The molecule has 4 aromatic heterocycles. The summed E-state index contributed by atoms with van der Waals surface area (Å²) in [6, 6.07) is 19.6. The number of benzene rings is 1. The monoisotopic (exact) mass is 660 g/mol. The van der Waals surface area contributed by atoms with Gasteiger partial charge in [-0.05, 0) is 94.7 Å². The van der Waals surface area contributed by atoms with Gasteiger partial charge < -0.3 is 25.3 Å². The number of amides is 3. The lowest BCUT2D eigenvalue weighted by Gasteiger charge is -2.37. The normalized spacial score (nSPS) is 20.9. The number of hydrogen-bond donors (Lipinski definition) is 2. The van der Waals surface area contributed by atoms with Crippen molar-refractivity contribution in [1.29, 1.82) is 0 Å². The number of anilines is 1. The lowest BCUT2D eigenvalue weighted by atomic mass is 9.97. The quantitative estimate of drug-likeness (QED) is 0.208. The SMILES string of the molecule is COc1cc(C(=O)N2[C@@H]3CC[C@H]2CC(N)C3)cc2nc(-c3cc4ccc([C@@H](C)NC(=O)N(C)c5ccccc5)nc4n3CC3CC3)c(C)n12. The van der Waals surface area contributed by atoms with Gasteiger partial charge in [-0.1, -0.05) is 18.2 Å². The lowest BCUT2D eigenvalue weighted by molar-refractivity contribution is 0.0574. The number of piperidine rings is 1. The van der Waals surface area contributed by atoms with Crippen LogP contribution in [0.2, 0.25) is 0 Å². The lowest BCUT2D eigenvalue weighted by Crippen LogP contribution is -2.50. The molecule has 3 aliphatic rings. The highest BCUT2D eigenvalue weighted by Crippen LogP contribution is 2.39. The molecule has 8 rings (SSSR count). The second-order valence-corrected chi connectivity index (χ2v) is 14.2. The van der Waals surface area contributed by atoms with Gasteiger partial charge in [0.1, 0.15) is 17.0 Å². The molecule has 11 nitrogen and oxygen atoms in total. The molecule has 5 aromatic rings. The molecule has 11 heteroatoms. The number of nitrogens with zero attached hydrogens (tertiary/aromatic N) is 6. The minimum absolute atomic E-state index is 0.0261. The number of pyridine rings is 2. The summed E-state index contributed by atoms with van der Waals surface area (Å²) >= 11 is 0. The number of nitrogens with two attached hydrogens (primary N) is 1. The zero-order chi connectivity index (χ0) is 34.0. The third kappa shape index (κ3) is 5.59. The van der Waals surface area contributed by atoms with E-state index in [-0.39, 0.29) is 36.1 Å². The first-order valence-corrected chi connectivity index (χ1v) is 17.4. The third-order valence-corrected chi connectivity index (χ3v) is 10.8. The van der Waals surface area contributed by atoms with Crippen LogP contribution in [0.4, 0.5) is 10.5 Å². The molecule has 3 N–H and O–H groups in total. The molecule has 2 saturated heterocycles. The smallest absolute Gasteiger partial charge is 0.322 e. The van der Waals surface area contributed by atoms with Crippen LogP contribution in [0.25, 0.3) is 28.1 Å². The molecular formula is C38H44N8O3. The maximum Gasteiger partial charge on any atom is 0.322 e. The number of urea groups is 1. The first-order chi connectivity index (χ1) is 23.7. The van der Waals surface area contributed by atoms with Gasteiger partial charge in [0, 0.05) is 54.4 Å². The Hall–Kier alpha value is -4.90. The van der Waals surface area contributed by atoms with Crippen LogP contribution in [0.5, 0.6) is 5.88 Å². The van der Waals surface area contributed by atoms with Crippen molar-refractivity contribution in [2.24, 2.45) is 11.7 Å². The Labute approximate surface area is 286 Å². The first kappa shape index (κ1) is 31.4. The van der Waals surface area contributed by atoms with Gasteiger partial charge in [0.05, 0.1) is 30.2 Å². The summed E-state index contributed by atoms with van der Waals surface area (Å²) in [7, 11) is 3.40. The molecule has 0 spiro atoms. The van der Waals surface area contributed by atoms with E-state index in [1.165, 1.54) is 12.8 Å². The van der Waals surface area contributed by atoms with Crippen molar-refractivity contribution in [3.05, 3.63) is 77.6 Å². The highest BCUT2D eigenvalue weighted by Gasteiger charge is 2.42. The van der Waals surface area contributed by atoms with E-state index in [0.717, 1.165) is 71.7 Å². The fourth-order valence-electron chi connectivity index (χ4n) is 7.94. The van der Waals surface area contributed by atoms with E-state index in [1.807, 2.05) is 66.8 Å². The number of ether oxygens (including phenoxy) is 1. The Morgan fingerprint density at radius 2 is 1.76 bits per heavy atom. The Morgan fingerprint density at radius 1 is 1.02 bits per heavy atom. The molecule has 0 radical (unpaired) electrons. The van der Waals surface area contributed by atoms with Gasteiger partial charge in [0.2, 0.25) is 0 Å². The molecule has 3 amide bonds. The van der Waals surface area contributed by atoms with E-state index in [1.54, 1.807) is 19.1 Å². The van der Waals surface area contributed by atoms with Gasteiger partial charge in [-0.3, -0.25) is 14.1 Å². The molecule has 1 aliphatic carbocycles. The fourth-order valence-corrected chi connectivity index (χ4v) is 7.94. The molecule has 6 heterocycles. The van der Waals surface area contributed by atoms with E-state index in [4.69, 9.17) is 20.4 Å². The molecule has 3 fully saturated rings. The topological polar surface area (TPSA) is 123 Å². The van der Waals surface area contributed by atoms with Crippen LogP contribution in [0.15, 0.2) is 60.7 Å². The van der Waals surface area contributed by atoms with Crippen molar-refractivity contribution < 1.29 is 14.3 Å². The van der Waals surface area contributed by atoms with Crippen molar-refractivity contribution >= 4 is 34.3 Å². The van der Waals surface area contributed by atoms with E-state index in [0.29, 0.717) is 23.0 Å². The standard InChI is InChI=1S/C38H44N8O3/c1-22(40-38(48)43(3)28-8-6-5-7-9-28)31-15-12-25-16-32(44(36(25)41-31)21-24-10-11-24)35-23(2)45-33(42-35)17-26(18-34(45)49-4)37(47)46-29-13-14-30(46)20-27(39)19-29/h5-9,12,15-18,22,24,27,29-30H,10-11,13-14,19-21,39H2,1-4H3,(H,40,48)/t22-,27?,29-,30+/m1/s1. The van der Waals surface area contributed by atoms with Crippen LogP contribution in [0.1, 0.15) is 73.2 Å². The average molecular weight is 661 g/mol. The number of rotatable bonds is 8. The van der Waals surface area contributed by atoms with Gasteiger partial charge in [-0.15, -0.1) is 0 Å². The van der Waals surface area contributed by atoms with Crippen molar-refractivity contribution in [2.45, 2.75) is 83.1 Å². The summed E-state index contributed by atoms with van der Waals surface area (Å²) in [5, 5.41) is 4.12. The Kier molecular flexibility index (Phi) is 7.82. The maximum atomic E-state index is 14.0. The predicted octanol–water partition coefficient (Wildman–Crippen LogP) is 6.08. The number of fused-ring (bicyclic) bond motifs is 4. The number of carbonyl (C=O) groups is 2. The van der Waals surface area contributed by atoms with Crippen molar-refractivity contribution in [3.63, 3.8) is 0 Å². The second kappa shape index (κ2) is 12.2. The molecule has 4 atom stereocenters. The Balaban J connectivity index is 1.14. The molecule has 2 aliphatic heterocycles. The number of carbonyl (C=O) groups excluding carboxylic acids is 2. The van der Waals surface area contributed by atoms with Gasteiger partial charge in [-0.2, -0.15) is 0 Å². The van der Waals surface area contributed by atoms with E-state index in [2.05, 4.69) is 26.9 Å². The van der Waals surface area contributed by atoms with Crippen LogP contribution in [-0.2, 0) is 6.54 Å². The van der Waals surface area contributed by atoms with E-state index in [9.17, 15) is 9.59 Å². The molecule has 49 heavy (non-hydrogen) atoms. The van der Waals surface area contributed by atoms with Crippen LogP contribution < -0.4 is 20.7 Å². The minimum atomic E-state index is -0.307. The van der Waals surface area contributed by atoms with Gasteiger partial charge in [-0.25, -0.2) is 14.8 Å². The van der Waals surface area contributed by atoms with Crippen LogP contribution >= 0.6 is 0 Å². The average Bonchev–Trinajstić information content (AvgIpc) is 3.69. The maximum absolute atomic E-state index is 14.0. The number of nitrogens with one attached hydrogen (secondary N) is 1. The summed E-state index contributed by atoms with van der Waals surface area (Å²) in [6.45, 7) is 4.84. The summed E-state index contributed by atoms with van der Waals surface area (Å²) in [5.74, 6) is 1.19. The summed E-state index contributed by atoms with van der Waals surface area (Å²) in [4.78, 5) is 41.0. The minimum Gasteiger partial charge on any atom is -0.482 e. The van der Waals surface area contributed by atoms with E-state index >= 15 is 0 Å². The largest absolute Gasteiger partial charge is 0.482 e.